The van der Waals surface area contributed by atoms with Crippen LogP contribution in [0, 0.1) is 0 Å². The standard InChI is InChI=1S/C10H14F3N3S/c1-16(2)3-4-17-9-6-7(10(11,12)13)5-8(14)15-9/h5-6H,3-4H2,1-2H3,(H2,14,15). The van der Waals surface area contributed by atoms with Gasteiger partial charge in [0.2, 0.25) is 0 Å². The average molecular weight is 265 g/mol. The highest BCUT2D eigenvalue weighted by Gasteiger charge is 2.31. The van der Waals surface area contributed by atoms with Crippen molar-refractivity contribution in [3.63, 3.8) is 0 Å². The summed E-state index contributed by atoms with van der Waals surface area (Å²) >= 11 is 1.26. The number of anilines is 1. The van der Waals surface area contributed by atoms with Crippen molar-refractivity contribution in [1.82, 2.24) is 9.88 Å². The van der Waals surface area contributed by atoms with Crippen LogP contribution in [0.2, 0.25) is 0 Å². The number of halogens is 3. The van der Waals surface area contributed by atoms with Gasteiger partial charge in [0.25, 0.3) is 0 Å². The molecule has 0 spiro atoms. The summed E-state index contributed by atoms with van der Waals surface area (Å²) in [5, 5.41) is 0.305. The van der Waals surface area contributed by atoms with Crippen molar-refractivity contribution in [3.8, 4) is 0 Å². The molecule has 1 aromatic rings. The van der Waals surface area contributed by atoms with Gasteiger partial charge in [-0.05, 0) is 26.2 Å². The predicted molar refractivity (Wildman–Crippen MR) is 62.9 cm³/mol. The predicted octanol–water partition coefficient (Wildman–Crippen LogP) is 2.34. The first-order chi connectivity index (χ1) is 7.79. The Balaban J connectivity index is 2.76. The summed E-state index contributed by atoms with van der Waals surface area (Å²) in [5.41, 5.74) is 4.60. The molecule has 1 rings (SSSR count). The molecule has 0 aromatic carbocycles. The van der Waals surface area contributed by atoms with Gasteiger partial charge < -0.3 is 10.6 Å². The summed E-state index contributed by atoms with van der Waals surface area (Å²) in [6.07, 6.45) is -4.38. The number of rotatable bonds is 4. The summed E-state index contributed by atoms with van der Waals surface area (Å²) < 4.78 is 37.5. The Kier molecular flexibility index (Phi) is 4.64. The number of hydrogen-bond acceptors (Lipinski definition) is 4. The highest BCUT2D eigenvalue weighted by Crippen LogP contribution is 2.32. The number of nitrogens with zero attached hydrogens (tertiary/aromatic N) is 2. The Morgan fingerprint density at radius 1 is 1.35 bits per heavy atom. The van der Waals surface area contributed by atoms with Crippen molar-refractivity contribution in [2.75, 3.05) is 32.1 Å². The molecule has 0 aliphatic heterocycles. The number of nitrogen functional groups attached to an aromatic ring is 1. The molecule has 7 heteroatoms. The molecule has 3 nitrogen and oxygen atoms in total. The maximum atomic E-state index is 12.5. The number of aromatic nitrogens is 1. The van der Waals surface area contributed by atoms with Crippen molar-refractivity contribution in [2.45, 2.75) is 11.2 Å². The second-order valence-corrected chi connectivity index (χ2v) is 4.88. The molecule has 2 N–H and O–H groups in total. The van der Waals surface area contributed by atoms with E-state index in [-0.39, 0.29) is 5.82 Å². The molecule has 0 saturated heterocycles. The largest absolute Gasteiger partial charge is 0.416 e. The summed E-state index contributed by atoms with van der Waals surface area (Å²) in [6.45, 7) is 0.766. The quantitative estimate of drug-likeness (QED) is 0.848. The molecule has 1 heterocycles. The van der Waals surface area contributed by atoms with Crippen molar-refractivity contribution in [1.29, 1.82) is 0 Å². The minimum absolute atomic E-state index is 0.104. The SMILES string of the molecule is CN(C)CCSc1cc(C(F)(F)F)cc(N)n1. The van der Waals surface area contributed by atoms with E-state index in [4.69, 9.17) is 5.73 Å². The monoisotopic (exact) mass is 265 g/mol. The van der Waals surface area contributed by atoms with Crippen molar-refractivity contribution >= 4 is 17.6 Å². The molecular weight excluding hydrogens is 251 g/mol. The van der Waals surface area contributed by atoms with Crippen molar-refractivity contribution in [3.05, 3.63) is 17.7 Å². The van der Waals surface area contributed by atoms with Crippen LogP contribution in [-0.4, -0.2) is 36.3 Å². The lowest BCUT2D eigenvalue weighted by atomic mass is 10.2. The fraction of sp³-hybridized carbons (Fsp3) is 0.500. The normalized spacial score (nSPS) is 12.1. The second-order valence-electron chi connectivity index (χ2n) is 3.77. The van der Waals surface area contributed by atoms with Gasteiger partial charge in [0, 0.05) is 12.3 Å². The van der Waals surface area contributed by atoms with Gasteiger partial charge in [-0.1, -0.05) is 0 Å². The fourth-order valence-electron chi connectivity index (χ4n) is 1.10. The van der Waals surface area contributed by atoms with Crippen LogP contribution in [0.15, 0.2) is 17.2 Å². The van der Waals surface area contributed by atoms with Crippen molar-refractivity contribution in [2.24, 2.45) is 0 Å². The minimum Gasteiger partial charge on any atom is -0.384 e. The number of alkyl halides is 3. The zero-order chi connectivity index (χ0) is 13.1. The van der Waals surface area contributed by atoms with E-state index >= 15 is 0 Å². The van der Waals surface area contributed by atoms with Crippen LogP contribution >= 0.6 is 11.8 Å². The lowest BCUT2D eigenvalue weighted by Crippen LogP contribution is -2.15. The third kappa shape index (κ3) is 4.82. The zero-order valence-corrected chi connectivity index (χ0v) is 10.4. The first kappa shape index (κ1) is 14.1. The number of thioether (sulfide) groups is 1. The van der Waals surface area contributed by atoms with Gasteiger partial charge in [-0.25, -0.2) is 4.98 Å². The molecule has 0 unspecified atom stereocenters. The van der Waals surface area contributed by atoms with Crippen LogP contribution in [0.25, 0.3) is 0 Å². The Labute approximate surface area is 102 Å². The van der Waals surface area contributed by atoms with E-state index in [9.17, 15) is 13.2 Å². The molecule has 0 bridgehead atoms. The zero-order valence-electron chi connectivity index (χ0n) is 9.58. The molecule has 0 saturated carbocycles. The van der Waals surface area contributed by atoms with Crippen molar-refractivity contribution < 1.29 is 13.2 Å². The summed E-state index contributed by atoms with van der Waals surface area (Å²) in [5.74, 6) is 0.563. The molecule has 0 fully saturated rings. The number of pyridine rings is 1. The van der Waals surface area contributed by atoms with Crippen LogP contribution in [0.3, 0.4) is 0 Å². The van der Waals surface area contributed by atoms with Gasteiger partial charge in [-0.2, -0.15) is 13.2 Å². The number of hydrogen-bond donors (Lipinski definition) is 1. The topological polar surface area (TPSA) is 42.1 Å². The van der Waals surface area contributed by atoms with Gasteiger partial charge in [-0.3, -0.25) is 0 Å². The lowest BCUT2D eigenvalue weighted by Gasteiger charge is -2.11. The Hall–Kier alpha value is -0.950. The van der Waals surface area contributed by atoms with Gasteiger partial charge >= 0.3 is 6.18 Å². The molecule has 0 aliphatic rings. The molecule has 0 amide bonds. The van der Waals surface area contributed by atoms with Gasteiger partial charge in [0.05, 0.1) is 10.6 Å². The molecule has 0 atom stereocenters. The number of nitrogens with two attached hydrogens (primary N) is 1. The van der Waals surface area contributed by atoms with E-state index in [0.717, 1.165) is 18.7 Å². The summed E-state index contributed by atoms with van der Waals surface area (Å²) in [6, 6.07) is 1.87. The molecule has 17 heavy (non-hydrogen) atoms. The highest BCUT2D eigenvalue weighted by atomic mass is 32.2. The van der Waals surface area contributed by atoms with E-state index in [0.29, 0.717) is 10.8 Å². The van der Waals surface area contributed by atoms with E-state index in [1.165, 1.54) is 11.8 Å². The average Bonchev–Trinajstić information content (AvgIpc) is 2.14. The van der Waals surface area contributed by atoms with Crippen LogP contribution in [0.4, 0.5) is 19.0 Å². The first-order valence-electron chi connectivity index (χ1n) is 4.91. The minimum atomic E-state index is -4.38. The van der Waals surface area contributed by atoms with Crippen LogP contribution in [0.1, 0.15) is 5.56 Å². The maximum absolute atomic E-state index is 12.5. The van der Waals surface area contributed by atoms with Crippen LogP contribution < -0.4 is 5.73 Å². The van der Waals surface area contributed by atoms with Crippen LogP contribution in [0.5, 0.6) is 0 Å². The first-order valence-corrected chi connectivity index (χ1v) is 5.90. The molecular formula is C10H14F3N3S. The Morgan fingerprint density at radius 3 is 2.53 bits per heavy atom. The second kappa shape index (κ2) is 5.59. The summed E-state index contributed by atoms with van der Waals surface area (Å²) in [7, 11) is 3.79. The Morgan fingerprint density at radius 2 is 2.00 bits per heavy atom. The molecule has 1 aromatic heterocycles. The molecule has 0 radical (unpaired) electrons. The smallest absolute Gasteiger partial charge is 0.384 e. The third-order valence-corrected chi connectivity index (χ3v) is 2.83. The van der Waals surface area contributed by atoms with E-state index in [2.05, 4.69) is 4.98 Å². The maximum Gasteiger partial charge on any atom is 0.416 e. The highest BCUT2D eigenvalue weighted by molar-refractivity contribution is 7.99. The van der Waals surface area contributed by atoms with E-state index < -0.39 is 11.7 Å². The van der Waals surface area contributed by atoms with Crippen LogP contribution in [-0.2, 0) is 6.18 Å². The fourth-order valence-corrected chi connectivity index (χ4v) is 2.14. The van der Waals surface area contributed by atoms with E-state index in [1.807, 2.05) is 19.0 Å². The lowest BCUT2D eigenvalue weighted by molar-refractivity contribution is -0.137. The molecule has 0 aliphatic carbocycles. The molecule has 96 valence electrons. The third-order valence-electron chi connectivity index (χ3n) is 1.94. The van der Waals surface area contributed by atoms with Gasteiger partial charge in [-0.15, -0.1) is 11.8 Å². The van der Waals surface area contributed by atoms with Gasteiger partial charge in [0.15, 0.2) is 0 Å². The summed E-state index contributed by atoms with van der Waals surface area (Å²) in [4.78, 5) is 5.81. The van der Waals surface area contributed by atoms with E-state index in [1.54, 1.807) is 0 Å². The Bertz CT molecular complexity index is 380. The van der Waals surface area contributed by atoms with Gasteiger partial charge in [0.1, 0.15) is 5.82 Å².